The number of hydrogen-bond acceptors (Lipinski definition) is 5. The molecule has 0 aliphatic carbocycles. The maximum Gasteiger partial charge on any atom is 0.257 e. The van der Waals surface area contributed by atoms with Gasteiger partial charge < -0.3 is 14.7 Å². The van der Waals surface area contributed by atoms with Gasteiger partial charge in [-0.05, 0) is 24.6 Å². The maximum atomic E-state index is 13.1. The van der Waals surface area contributed by atoms with Gasteiger partial charge in [-0.2, -0.15) is 0 Å². The Morgan fingerprint density at radius 1 is 1.40 bits per heavy atom. The number of piperazine rings is 1. The fourth-order valence-corrected chi connectivity index (χ4v) is 3.46. The summed E-state index contributed by atoms with van der Waals surface area (Å²) in [6, 6.07) is 9.32. The maximum absolute atomic E-state index is 13.1. The number of nitrogens with zero attached hydrogens (tertiary/aromatic N) is 3. The molecule has 0 saturated carbocycles. The highest BCUT2D eigenvalue weighted by atomic mass is 35.5. The van der Waals surface area contributed by atoms with Gasteiger partial charge in [-0.1, -0.05) is 35.0 Å². The molecule has 0 bridgehead atoms. The number of rotatable bonds is 2. The summed E-state index contributed by atoms with van der Waals surface area (Å²) in [5.41, 5.74) is 2.63. The van der Waals surface area contributed by atoms with Gasteiger partial charge in [-0.15, -0.1) is 0 Å². The molecule has 25 heavy (non-hydrogen) atoms. The van der Waals surface area contributed by atoms with Crippen LogP contribution in [0.4, 0.5) is 0 Å². The third-order valence-corrected chi connectivity index (χ3v) is 4.87. The minimum Gasteiger partial charge on any atom is -0.336 e. The predicted octanol–water partition coefficient (Wildman–Crippen LogP) is 2.97. The molecule has 1 saturated heterocycles. The normalized spacial score (nSPS) is 17.8. The van der Waals surface area contributed by atoms with Crippen molar-refractivity contribution in [1.29, 1.82) is 0 Å². The number of fused-ring (bicyclic) bond motifs is 1. The minimum atomic E-state index is -0.116. The standard InChI is InChI=1S/C18H17ClN4O2/c1-11-14-8-12(9-21-17(14)25-22-11)18(24)23-7-6-20-10-16(23)13-4-2-3-5-15(13)19/h2-5,8-9,16,20H,6-7,10H2,1H3. The van der Waals surface area contributed by atoms with E-state index in [9.17, 15) is 4.79 Å². The fraction of sp³-hybridized carbons (Fsp3) is 0.278. The van der Waals surface area contributed by atoms with Crippen molar-refractivity contribution in [3.05, 3.63) is 58.4 Å². The number of carbonyl (C=O) groups excluding carboxylic acids is 1. The first kappa shape index (κ1) is 16.1. The number of pyridine rings is 1. The smallest absolute Gasteiger partial charge is 0.257 e. The van der Waals surface area contributed by atoms with E-state index in [0.29, 0.717) is 29.4 Å². The molecule has 4 rings (SSSR count). The number of aryl methyl sites for hydroxylation is 1. The van der Waals surface area contributed by atoms with Crippen LogP contribution in [0.25, 0.3) is 11.1 Å². The number of carbonyl (C=O) groups is 1. The molecule has 1 fully saturated rings. The van der Waals surface area contributed by atoms with Crippen LogP contribution >= 0.6 is 11.6 Å². The van der Waals surface area contributed by atoms with Gasteiger partial charge >= 0.3 is 0 Å². The summed E-state index contributed by atoms with van der Waals surface area (Å²) < 4.78 is 5.12. The SMILES string of the molecule is Cc1noc2ncc(C(=O)N3CCNCC3c3ccccc3Cl)cc12. The summed E-state index contributed by atoms with van der Waals surface area (Å²) in [4.78, 5) is 19.2. The molecule has 0 spiro atoms. The first-order valence-electron chi connectivity index (χ1n) is 8.13. The second-order valence-corrected chi connectivity index (χ2v) is 6.49. The van der Waals surface area contributed by atoms with Crippen molar-refractivity contribution in [2.45, 2.75) is 13.0 Å². The molecule has 3 heterocycles. The first-order chi connectivity index (χ1) is 12.1. The lowest BCUT2D eigenvalue weighted by Crippen LogP contribution is -2.48. The van der Waals surface area contributed by atoms with Crippen LogP contribution in [0, 0.1) is 6.92 Å². The van der Waals surface area contributed by atoms with E-state index in [0.717, 1.165) is 23.2 Å². The van der Waals surface area contributed by atoms with Crippen LogP contribution in [-0.2, 0) is 0 Å². The lowest BCUT2D eigenvalue weighted by atomic mass is 10.0. The van der Waals surface area contributed by atoms with E-state index in [1.54, 1.807) is 12.3 Å². The third-order valence-electron chi connectivity index (χ3n) is 4.53. The molecule has 0 radical (unpaired) electrons. The Hall–Kier alpha value is -2.44. The third kappa shape index (κ3) is 2.88. The van der Waals surface area contributed by atoms with Crippen molar-refractivity contribution in [2.75, 3.05) is 19.6 Å². The Kier molecular flexibility index (Phi) is 4.15. The van der Waals surface area contributed by atoms with Crippen molar-refractivity contribution in [1.82, 2.24) is 20.4 Å². The van der Waals surface area contributed by atoms with E-state index in [2.05, 4.69) is 15.5 Å². The molecule has 6 nitrogen and oxygen atoms in total. The molecule has 1 aliphatic rings. The van der Waals surface area contributed by atoms with Gasteiger partial charge in [0, 0.05) is 30.9 Å². The van der Waals surface area contributed by atoms with Crippen molar-refractivity contribution in [3.63, 3.8) is 0 Å². The van der Waals surface area contributed by atoms with Gasteiger partial charge in [0.15, 0.2) is 0 Å². The van der Waals surface area contributed by atoms with Gasteiger partial charge in [0.05, 0.1) is 22.7 Å². The molecule has 1 amide bonds. The molecule has 3 aromatic rings. The second-order valence-electron chi connectivity index (χ2n) is 6.08. The molecule has 1 aliphatic heterocycles. The second kappa shape index (κ2) is 6.46. The van der Waals surface area contributed by atoms with Crippen molar-refractivity contribution < 1.29 is 9.32 Å². The number of benzene rings is 1. The fourth-order valence-electron chi connectivity index (χ4n) is 3.20. The molecule has 1 unspecified atom stereocenters. The molecule has 128 valence electrons. The lowest BCUT2D eigenvalue weighted by molar-refractivity contribution is 0.0634. The Morgan fingerprint density at radius 2 is 2.24 bits per heavy atom. The molecular formula is C18H17ClN4O2. The number of halogens is 1. The quantitative estimate of drug-likeness (QED) is 0.764. The Morgan fingerprint density at radius 3 is 3.08 bits per heavy atom. The summed E-state index contributed by atoms with van der Waals surface area (Å²) >= 11 is 6.36. The summed E-state index contributed by atoms with van der Waals surface area (Å²) in [5.74, 6) is -0.0681. The molecule has 1 N–H and O–H groups in total. The average Bonchev–Trinajstić information content (AvgIpc) is 3.02. The van der Waals surface area contributed by atoms with E-state index in [4.69, 9.17) is 16.1 Å². The number of hydrogen-bond donors (Lipinski definition) is 1. The van der Waals surface area contributed by atoms with E-state index in [1.165, 1.54) is 0 Å². The van der Waals surface area contributed by atoms with E-state index >= 15 is 0 Å². The zero-order valence-corrected chi connectivity index (χ0v) is 14.5. The van der Waals surface area contributed by atoms with E-state index < -0.39 is 0 Å². The number of nitrogens with one attached hydrogen (secondary N) is 1. The highest BCUT2D eigenvalue weighted by molar-refractivity contribution is 6.31. The molecule has 7 heteroatoms. The van der Waals surface area contributed by atoms with E-state index in [-0.39, 0.29) is 11.9 Å². The highest BCUT2D eigenvalue weighted by Gasteiger charge is 2.30. The lowest BCUT2D eigenvalue weighted by Gasteiger charge is -2.37. The zero-order valence-electron chi connectivity index (χ0n) is 13.7. The average molecular weight is 357 g/mol. The summed E-state index contributed by atoms with van der Waals surface area (Å²) in [6.07, 6.45) is 1.54. The number of amides is 1. The van der Waals surface area contributed by atoms with E-state index in [1.807, 2.05) is 36.1 Å². The zero-order chi connectivity index (χ0) is 17.4. The number of aromatic nitrogens is 2. The predicted molar refractivity (Wildman–Crippen MR) is 94.6 cm³/mol. The molecule has 1 atom stereocenters. The molecule has 2 aromatic heterocycles. The van der Waals surface area contributed by atoms with Crippen molar-refractivity contribution in [3.8, 4) is 0 Å². The highest BCUT2D eigenvalue weighted by Crippen LogP contribution is 2.30. The van der Waals surface area contributed by atoms with Gasteiger partial charge in [0.25, 0.3) is 11.6 Å². The molecular weight excluding hydrogens is 340 g/mol. The van der Waals surface area contributed by atoms with Crippen molar-refractivity contribution >= 4 is 28.6 Å². The Bertz CT molecular complexity index is 940. The Balaban J connectivity index is 1.70. The topological polar surface area (TPSA) is 71.3 Å². The van der Waals surface area contributed by atoms with Gasteiger partial charge in [0.1, 0.15) is 0 Å². The largest absolute Gasteiger partial charge is 0.336 e. The minimum absolute atomic E-state index is 0.0681. The summed E-state index contributed by atoms with van der Waals surface area (Å²) in [5, 5.41) is 8.66. The summed E-state index contributed by atoms with van der Waals surface area (Å²) in [7, 11) is 0. The van der Waals surface area contributed by atoms with Gasteiger partial charge in [0.2, 0.25) is 0 Å². The van der Waals surface area contributed by atoms with Crippen LogP contribution < -0.4 is 5.32 Å². The van der Waals surface area contributed by atoms with Crippen LogP contribution in [0.15, 0.2) is 41.1 Å². The van der Waals surface area contributed by atoms with Crippen LogP contribution in [0.3, 0.4) is 0 Å². The van der Waals surface area contributed by atoms with Crippen LogP contribution in [0.5, 0.6) is 0 Å². The molecule has 1 aromatic carbocycles. The van der Waals surface area contributed by atoms with Gasteiger partial charge in [-0.3, -0.25) is 4.79 Å². The monoisotopic (exact) mass is 356 g/mol. The first-order valence-corrected chi connectivity index (χ1v) is 8.51. The van der Waals surface area contributed by atoms with Crippen LogP contribution in [0.1, 0.15) is 27.7 Å². The van der Waals surface area contributed by atoms with Gasteiger partial charge in [-0.25, -0.2) is 4.98 Å². The van der Waals surface area contributed by atoms with Crippen LogP contribution in [0.2, 0.25) is 5.02 Å². The van der Waals surface area contributed by atoms with Crippen LogP contribution in [-0.4, -0.2) is 40.6 Å². The van der Waals surface area contributed by atoms with Crippen molar-refractivity contribution in [2.24, 2.45) is 0 Å². The summed E-state index contributed by atoms with van der Waals surface area (Å²) in [6.45, 7) is 3.85. The Labute approximate surface area is 149 Å².